The number of hydrogen-bond acceptors (Lipinski definition) is 5. The quantitative estimate of drug-likeness (QED) is 0.719. The van der Waals surface area contributed by atoms with Crippen LogP contribution < -0.4 is 10.0 Å². The Morgan fingerprint density at radius 3 is 2.52 bits per heavy atom. The van der Waals surface area contributed by atoms with E-state index in [1.807, 2.05) is 17.0 Å². The smallest absolute Gasteiger partial charge is 0.229 e. The number of carbonyl (C=O) groups is 2. The molecule has 2 N–H and O–H groups in total. The third-order valence-corrected chi connectivity index (χ3v) is 7.19. The lowest BCUT2D eigenvalue weighted by Gasteiger charge is -2.36. The van der Waals surface area contributed by atoms with E-state index >= 15 is 0 Å². The first kappa shape index (κ1) is 21.6. The van der Waals surface area contributed by atoms with Gasteiger partial charge in [-0.1, -0.05) is 18.9 Å². The topological polar surface area (TPSA) is 119 Å². The molecule has 1 heterocycles. The molecule has 4 rings (SSSR count). The third kappa shape index (κ3) is 4.85. The number of amides is 2. The monoisotopic (exact) mass is 444 g/mol. The van der Waals surface area contributed by atoms with E-state index in [9.17, 15) is 23.3 Å². The summed E-state index contributed by atoms with van der Waals surface area (Å²) in [6, 6.07) is 7.58. The number of sulfonamides is 1. The molecular formula is C22H28N4O4S. The number of anilines is 1. The van der Waals surface area contributed by atoms with Crippen molar-refractivity contribution in [3.8, 4) is 6.07 Å². The average Bonchev–Trinajstić information content (AvgIpc) is 3.51. The van der Waals surface area contributed by atoms with Crippen LogP contribution in [0.3, 0.4) is 0 Å². The Morgan fingerprint density at radius 1 is 1.16 bits per heavy atom. The van der Waals surface area contributed by atoms with Gasteiger partial charge in [-0.2, -0.15) is 5.26 Å². The van der Waals surface area contributed by atoms with E-state index in [1.54, 1.807) is 6.07 Å². The molecule has 2 aliphatic carbocycles. The largest absolute Gasteiger partial charge is 0.338 e. The molecule has 0 unspecified atom stereocenters. The van der Waals surface area contributed by atoms with Gasteiger partial charge in [0.15, 0.2) is 0 Å². The fraction of sp³-hybridized carbons (Fsp3) is 0.591. The molecule has 1 aromatic carbocycles. The van der Waals surface area contributed by atoms with Crippen molar-refractivity contribution in [1.82, 2.24) is 10.2 Å². The molecule has 2 saturated carbocycles. The first-order chi connectivity index (χ1) is 14.7. The highest BCUT2D eigenvalue weighted by Gasteiger charge is 2.47. The lowest BCUT2D eigenvalue weighted by molar-refractivity contribution is -0.144. The van der Waals surface area contributed by atoms with Crippen LogP contribution in [0.1, 0.15) is 49.7 Å². The Kier molecular flexibility index (Phi) is 5.69. The zero-order chi connectivity index (χ0) is 22.2. The van der Waals surface area contributed by atoms with E-state index in [0.717, 1.165) is 30.2 Å². The highest BCUT2D eigenvalue weighted by Crippen LogP contribution is 2.38. The van der Waals surface area contributed by atoms with E-state index in [-0.39, 0.29) is 23.7 Å². The van der Waals surface area contributed by atoms with Gasteiger partial charge >= 0.3 is 0 Å². The minimum absolute atomic E-state index is 0.00522. The third-order valence-electron chi connectivity index (χ3n) is 6.58. The predicted molar refractivity (Wildman–Crippen MR) is 115 cm³/mol. The normalized spacial score (nSPS) is 24.5. The van der Waals surface area contributed by atoms with Gasteiger partial charge in [0.1, 0.15) is 5.54 Å². The standard InChI is InChI=1S/C22H28N4O4S/c1-31(29,30)25-17-7-6-16-13-26(11-8-15(16)12-17)21(28)19-5-3-2-4-18(19)20(27)24-22(14-23)9-10-22/h6-7,12,18-19,25H,2-5,8-11,13H2,1H3,(H,24,27)/t18-,19-/m1/s1. The van der Waals surface area contributed by atoms with E-state index in [1.165, 1.54) is 0 Å². The minimum atomic E-state index is -3.34. The molecule has 0 saturated heterocycles. The molecule has 9 heteroatoms. The van der Waals surface area contributed by atoms with E-state index < -0.39 is 15.6 Å². The zero-order valence-corrected chi connectivity index (χ0v) is 18.5. The van der Waals surface area contributed by atoms with Crippen LogP contribution in [0.4, 0.5) is 5.69 Å². The van der Waals surface area contributed by atoms with Crippen molar-refractivity contribution in [1.29, 1.82) is 5.26 Å². The van der Waals surface area contributed by atoms with Crippen LogP contribution in [-0.4, -0.2) is 43.5 Å². The molecule has 166 valence electrons. The molecule has 3 aliphatic rings. The summed E-state index contributed by atoms with van der Waals surface area (Å²) in [6.07, 6.45) is 6.33. The second-order valence-electron chi connectivity index (χ2n) is 9.05. The summed E-state index contributed by atoms with van der Waals surface area (Å²) in [5.74, 6) is -0.887. The molecule has 0 radical (unpaired) electrons. The van der Waals surface area contributed by atoms with Crippen molar-refractivity contribution in [2.45, 2.75) is 57.0 Å². The van der Waals surface area contributed by atoms with E-state index in [0.29, 0.717) is 50.9 Å². The maximum atomic E-state index is 13.4. The van der Waals surface area contributed by atoms with Gasteiger partial charge in [0, 0.05) is 30.6 Å². The van der Waals surface area contributed by atoms with Crippen LogP contribution in [0.5, 0.6) is 0 Å². The Hall–Kier alpha value is -2.60. The van der Waals surface area contributed by atoms with Crippen molar-refractivity contribution in [2.24, 2.45) is 11.8 Å². The number of nitrogens with one attached hydrogen (secondary N) is 2. The van der Waals surface area contributed by atoms with Gasteiger partial charge < -0.3 is 10.2 Å². The highest BCUT2D eigenvalue weighted by atomic mass is 32.2. The van der Waals surface area contributed by atoms with Crippen molar-refractivity contribution in [3.05, 3.63) is 29.3 Å². The fourth-order valence-electron chi connectivity index (χ4n) is 4.71. The Labute approximate surface area is 183 Å². The van der Waals surface area contributed by atoms with Crippen LogP contribution in [0, 0.1) is 23.2 Å². The maximum Gasteiger partial charge on any atom is 0.229 e. The van der Waals surface area contributed by atoms with Crippen molar-refractivity contribution in [2.75, 3.05) is 17.5 Å². The van der Waals surface area contributed by atoms with Gasteiger partial charge in [-0.3, -0.25) is 14.3 Å². The Morgan fingerprint density at radius 2 is 1.87 bits per heavy atom. The van der Waals surface area contributed by atoms with Gasteiger partial charge in [0.2, 0.25) is 21.8 Å². The number of benzene rings is 1. The molecule has 0 spiro atoms. The highest BCUT2D eigenvalue weighted by molar-refractivity contribution is 7.92. The zero-order valence-electron chi connectivity index (χ0n) is 17.7. The van der Waals surface area contributed by atoms with Gasteiger partial charge in [-0.05, 0) is 55.4 Å². The Bertz CT molecular complexity index is 1040. The summed E-state index contributed by atoms with van der Waals surface area (Å²) >= 11 is 0. The van der Waals surface area contributed by atoms with Crippen LogP contribution >= 0.6 is 0 Å². The van der Waals surface area contributed by atoms with E-state index in [2.05, 4.69) is 16.1 Å². The summed E-state index contributed by atoms with van der Waals surface area (Å²) in [4.78, 5) is 28.1. The van der Waals surface area contributed by atoms with Gasteiger partial charge in [-0.25, -0.2) is 8.42 Å². The van der Waals surface area contributed by atoms with Crippen LogP contribution in [0.2, 0.25) is 0 Å². The molecule has 2 amide bonds. The molecular weight excluding hydrogens is 416 g/mol. The summed E-state index contributed by atoms with van der Waals surface area (Å²) in [5, 5.41) is 12.2. The van der Waals surface area contributed by atoms with E-state index in [4.69, 9.17) is 0 Å². The number of nitriles is 1. The second-order valence-corrected chi connectivity index (χ2v) is 10.8. The number of carbonyl (C=O) groups excluding carboxylic acids is 2. The van der Waals surface area contributed by atoms with Crippen molar-refractivity contribution < 1.29 is 18.0 Å². The summed E-state index contributed by atoms with van der Waals surface area (Å²) in [5.41, 5.74) is 1.83. The lowest BCUT2D eigenvalue weighted by atomic mass is 9.77. The van der Waals surface area contributed by atoms with Crippen LogP contribution in [-0.2, 0) is 32.6 Å². The molecule has 1 aromatic rings. The van der Waals surface area contributed by atoms with Gasteiger partial charge in [0.05, 0.1) is 12.3 Å². The number of rotatable bonds is 5. The average molecular weight is 445 g/mol. The van der Waals surface area contributed by atoms with Crippen LogP contribution in [0.25, 0.3) is 0 Å². The number of nitrogens with zero attached hydrogens (tertiary/aromatic N) is 2. The molecule has 0 bridgehead atoms. The molecule has 1 aliphatic heterocycles. The maximum absolute atomic E-state index is 13.4. The van der Waals surface area contributed by atoms with Crippen molar-refractivity contribution >= 4 is 27.5 Å². The van der Waals surface area contributed by atoms with Gasteiger partial charge in [-0.15, -0.1) is 0 Å². The second kappa shape index (κ2) is 8.15. The SMILES string of the molecule is CS(=O)(=O)Nc1ccc2c(c1)CCN(C(=O)[C@@H]1CCCC[C@H]1C(=O)NC1(C#N)CC1)C2. The molecule has 31 heavy (non-hydrogen) atoms. The molecule has 8 nitrogen and oxygen atoms in total. The molecule has 0 aromatic heterocycles. The first-order valence-electron chi connectivity index (χ1n) is 10.8. The number of hydrogen-bond donors (Lipinski definition) is 2. The minimum Gasteiger partial charge on any atom is -0.338 e. The fourth-order valence-corrected chi connectivity index (χ4v) is 5.27. The molecule has 2 atom stereocenters. The van der Waals surface area contributed by atoms with Crippen molar-refractivity contribution in [3.63, 3.8) is 0 Å². The van der Waals surface area contributed by atoms with Gasteiger partial charge in [0.25, 0.3) is 0 Å². The summed E-state index contributed by atoms with van der Waals surface area (Å²) in [6.45, 7) is 1.00. The number of fused-ring (bicyclic) bond motifs is 1. The molecule has 2 fully saturated rings. The van der Waals surface area contributed by atoms with Crippen LogP contribution in [0.15, 0.2) is 18.2 Å². The Balaban J connectivity index is 1.45. The predicted octanol–water partition coefficient (Wildman–Crippen LogP) is 1.92. The summed E-state index contributed by atoms with van der Waals surface area (Å²) in [7, 11) is -3.34. The lowest BCUT2D eigenvalue weighted by Crippen LogP contribution is -2.48. The summed E-state index contributed by atoms with van der Waals surface area (Å²) < 4.78 is 25.4. The first-order valence-corrected chi connectivity index (χ1v) is 12.7.